The van der Waals surface area contributed by atoms with Crippen LogP contribution < -0.4 is 5.73 Å². The van der Waals surface area contributed by atoms with Gasteiger partial charge in [-0.2, -0.15) is 0 Å². The van der Waals surface area contributed by atoms with Crippen LogP contribution in [0.5, 0.6) is 0 Å². The molecule has 0 spiro atoms. The molecule has 0 atom stereocenters. The van der Waals surface area contributed by atoms with E-state index in [-0.39, 0.29) is 5.41 Å². The normalized spacial score (nSPS) is 21.0. The Labute approximate surface area is 93.5 Å². The lowest BCUT2D eigenvalue weighted by Crippen LogP contribution is -2.36. The largest absolute Gasteiger partial charge is 0.330 e. The van der Waals surface area contributed by atoms with Gasteiger partial charge >= 0.3 is 0 Å². The number of halogens is 1. The van der Waals surface area contributed by atoms with Gasteiger partial charge in [0.05, 0.1) is 0 Å². The Morgan fingerprint density at radius 1 is 1.43 bits per heavy atom. The average Bonchev–Trinajstić information content (AvgIpc) is 2.66. The summed E-state index contributed by atoms with van der Waals surface area (Å²) in [4.78, 5) is 5.40. The predicted molar refractivity (Wildman–Crippen MR) is 60.9 cm³/mol. The second-order valence-electron chi connectivity index (χ2n) is 4.02. The minimum absolute atomic E-state index is 0.184. The smallest absolute Gasteiger partial charge is 0.183 e. The van der Waals surface area contributed by atoms with Crippen LogP contribution in [0.3, 0.4) is 0 Å². The molecule has 0 radical (unpaired) electrons. The van der Waals surface area contributed by atoms with Crippen LogP contribution in [0.1, 0.15) is 37.0 Å². The molecule has 1 aromatic rings. The molecule has 2 rings (SSSR count). The molecule has 2 N–H and O–H groups in total. The molecule has 1 saturated carbocycles. The molecular weight excluding hydrogens is 216 g/mol. The van der Waals surface area contributed by atoms with Gasteiger partial charge in [0.2, 0.25) is 0 Å². The lowest BCUT2D eigenvalue weighted by molar-refractivity contribution is 0.305. The quantitative estimate of drug-likeness (QED) is 0.849. The summed E-state index contributed by atoms with van der Waals surface area (Å²) in [5.41, 5.74) is 6.10. The molecule has 0 aliphatic heterocycles. The van der Waals surface area contributed by atoms with E-state index in [9.17, 15) is 0 Å². The summed E-state index contributed by atoms with van der Waals surface area (Å²) in [5.74, 6) is 0. The van der Waals surface area contributed by atoms with Crippen molar-refractivity contribution in [2.45, 2.75) is 37.5 Å². The lowest BCUT2D eigenvalue weighted by atomic mass is 9.73. The highest BCUT2D eigenvalue weighted by Crippen LogP contribution is 2.41. The number of hydrogen-bond donors (Lipinski definition) is 1. The molecule has 0 unspecified atom stereocenters. The van der Waals surface area contributed by atoms with Crippen molar-refractivity contribution in [1.29, 1.82) is 0 Å². The van der Waals surface area contributed by atoms with Gasteiger partial charge in [-0.25, -0.2) is 4.98 Å². The van der Waals surface area contributed by atoms with Crippen molar-refractivity contribution in [3.05, 3.63) is 15.5 Å². The van der Waals surface area contributed by atoms with Crippen LogP contribution in [-0.2, 0) is 5.41 Å². The second kappa shape index (κ2) is 4.17. The highest BCUT2D eigenvalue weighted by atomic mass is 35.5. The maximum absolute atomic E-state index is 5.92. The van der Waals surface area contributed by atoms with Crippen molar-refractivity contribution < 1.29 is 0 Å². The third kappa shape index (κ3) is 1.81. The summed E-state index contributed by atoms with van der Waals surface area (Å²) in [6.07, 6.45) is 8.21. The Kier molecular flexibility index (Phi) is 3.10. The van der Waals surface area contributed by atoms with Crippen molar-refractivity contribution in [1.82, 2.24) is 4.98 Å². The third-order valence-corrected chi connectivity index (χ3v) is 4.56. The van der Waals surface area contributed by atoms with Gasteiger partial charge in [0, 0.05) is 23.0 Å². The fraction of sp³-hybridized carbons (Fsp3) is 0.700. The number of nitrogens with zero attached hydrogens (tertiary/aromatic N) is 1. The summed E-state index contributed by atoms with van der Waals surface area (Å²) < 4.78 is 0.637. The van der Waals surface area contributed by atoms with E-state index in [1.54, 1.807) is 11.3 Å². The molecule has 14 heavy (non-hydrogen) atoms. The lowest BCUT2D eigenvalue weighted by Gasteiger charge is -2.34. The van der Waals surface area contributed by atoms with Gasteiger partial charge in [0.15, 0.2) is 4.47 Å². The molecule has 4 heteroatoms. The SMILES string of the molecule is NCC1(c2cnc(Cl)s2)CCCCC1. The van der Waals surface area contributed by atoms with Crippen LogP contribution in [0.15, 0.2) is 6.20 Å². The standard InChI is InChI=1S/C10H15ClN2S/c11-9-13-6-8(14-9)10(7-12)4-2-1-3-5-10/h6H,1-5,7,12H2. The number of aromatic nitrogens is 1. The molecule has 2 nitrogen and oxygen atoms in total. The molecular formula is C10H15ClN2S. The zero-order valence-electron chi connectivity index (χ0n) is 8.13. The van der Waals surface area contributed by atoms with Gasteiger partial charge in [-0.1, -0.05) is 30.9 Å². The molecule has 0 amide bonds. The fourth-order valence-corrected chi connectivity index (χ4v) is 3.47. The average molecular weight is 231 g/mol. The van der Waals surface area contributed by atoms with Crippen molar-refractivity contribution in [3.8, 4) is 0 Å². The summed E-state index contributed by atoms with van der Waals surface area (Å²) in [7, 11) is 0. The highest BCUT2D eigenvalue weighted by molar-refractivity contribution is 7.15. The summed E-state index contributed by atoms with van der Waals surface area (Å²) in [6, 6.07) is 0. The van der Waals surface area contributed by atoms with Gasteiger partial charge in [-0.05, 0) is 12.8 Å². The maximum Gasteiger partial charge on any atom is 0.183 e. The van der Waals surface area contributed by atoms with Gasteiger partial charge in [0.25, 0.3) is 0 Å². The van der Waals surface area contributed by atoms with Crippen molar-refractivity contribution >= 4 is 22.9 Å². The van der Waals surface area contributed by atoms with E-state index in [0.29, 0.717) is 4.47 Å². The molecule has 1 aliphatic rings. The first-order valence-corrected chi connectivity index (χ1v) is 6.28. The van der Waals surface area contributed by atoms with E-state index in [1.165, 1.54) is 37.0 Å². The first kappa shape index (κ1) is 10.4. The molecule has 1 aliphatic carbocycles. The highest BCUT2D eigenvalue weighted by Gasteiger charge is 2.34. The Balaban J connectivity index is 2.26. The molecule has 1 aromatic heterocycles. The monoisotopic (exact) mass is 230 g/mol. The summed E-state index contributed by atoms with van der Waals surface area (Å²) >= 11 is 7.46. The number of thiazole rings is 1. The molecule has 1 heterocycles. The Hall–Kier alpha value is -0.120. The van der Waals surface area contributed by atoms with Crippen molar-refractivity contribution in [2.75, 3.05) is 6.54 Å². The van der Waals surface area contributed by atoms with E-state index < -0.39 is 0 Å². The number of rotatable bonds is 2. The molecule has 78 valence electrons. The van der Waals surface area contributed by atoms with E-state index in [2.05, 4.69) is 4.98 Å². The minimum Gasteiger partial charge on any atom is -0.330 e. The van der Waals surface area contributed by atoms with Gasteiger partial charge < -0.3 is 5.73 Å². The summed E-state index contributed by atoms with van der Waals surface area (Å²) in [6.45, 7) is 0.728. The Morgan fingerprint density at radius 3 is 2.64 bits per heavy atom. The van der Waals surface area contributed by atoms with Crippen molar-refractivity contribution in [2.24, 2.45) is 5.73 Å². The zero-order chi connectivity index (χ0) is 10.0. The first-order chi connectivity index (χ1) is 6.77. The van der Waals surface area contributed by atoms with Crippen LogP contribution >= 0.6 is 22.9 Å². The van der Waals surface area contributed by atoms with E-state index >= 15 is 0 Å². The van der Waals surface area contributed by atoms with Gasteiger partial charge in [-0.3, -0.25) is 0 Å². The predicted octanol–water partition coefficient (Wildman–Crippen LogP) is 2.96. The van der Waals surface area contributed by atoms with Crippen LogP contribution in [0.25, 0.3) is 0 Å². The van der Waals surface area contributed by atoms with Crippen molar-refractivity contribution in [3.63, 3.8) is 0 Å². The van der Waals surface area contributed by atoms with E-state index in [1.807, 2.05) is 6.20 Å². The number of hydrogen-bond acceptors (Lipinski definition) is 3. The van der Waals surface area contributed by atoms with Crippen LogP contribution in [0.4, 0.5) is 0 Å². The van der Waals surface area contributed by atoms with E-state index in [0.717, 1.165) is 6.54 Å². The molecule has 1 fully saturated rings. The maximum atomic E-state index is 5.92. The first-order valence-electron chi connectivity index (χ1n) is 5.09. The second-order valence-corrected chi connectivity index (χ2v) is 5.64. The molecule has 0 bridgehead atoms. The fourth-order valence-electron chi connectivity index (χ4n) is 2.28. The third-order valence-electron chi connectivity index (χ3n) is 3.20. The van der Waals surface area contributed by atoms with Crippen LogP contribution in [0.2, 0.25) is 4.47 Å². The summed E-state index contributed by atoms with van der Waals surface area (Å²) in [5, 5.41) is 0. The Morgan fingerprint density at radius 2 is 2.14 bits per heavy atom. The van der Waals surface area contributed by atoms with Gasteiger partial charge in [-0.15, -0.1) is 11.3 Å². The van der Waals surface area contributed by atoms with Gasteiger partial charge in [0.1, 0.15) is 0 Å². The Bertz CT molecular complexity index is 305. The molecule has 0 aromatic carbocycles. The topological polar surface area (TPSA) is 38.9 Å². The van der Waals surface area contributed by atoms with Crippen LogP contribution in [0, 0.1) is 0 Å². The zero-order valence-corrected chi connectivity index (χ0v) is 9.70. The van der Waals surface area contributed by atoms with E-state index in [4.69, 9.17) is 17.3 Å². The van der Waals surface area contributed by atoms with Crippen LogP contribution in [-0.4, -0.2) is 11.5 Å². The minimum atomic E-state index is 0.184. The molecule has 0 saturated heterocycles. The number of nitrogens with two attached hydrogens (primary N) is 1.